The number of nitrogens with zero attached hydrogens (tertiary/aromatic N) is 2. The summed E-state index contributed by atoms with van der Waals surface area (Å²) in [5.74, 6) is 0.408. The maximum atomic E-state index is 12.7. The van der Waals surface area contributed by atoms with Gasteiger partial charge in [-0.2, -0.15) is 4.31 Å². The second kappa shape index (κ2) is 9.65. The van der Waals surface area contributed by atoms with E-state index in [0.717, 1.165) is 12.8 Å². The van der Waals surface area contributed by atoms with E-state index in [1.54, 1.807) is 18.2 Å². The minimum atomic E-state index is -3.54. The van der Waals surface area contributed by atoms with E-state index >= 15 is 0 Å². The number of hydrogen-bond donors (Lipinski definition) is 0. The number of morpholine rings is 1. The number of carbonyl (C=O) groups excluding carboxylic acids is 1. The number of carbonyl (C=O) groups is 1. The van der Waals surface area contributed by atoms with E-state index in [4.69, 9.17) is 9.47 Å². The first-order valence-electron chi connectivity index (χ1n) is 9.68. The molecular weight excluding hydrogens is 380 g/mol. The third-order valence-electron chi connectivity index (χ3n) is 5.20. The van der Waals surface area contributed by atoms with E-state index in [1.807, 2.05) is 4.90 Å². The lowest BCUT2D eigenvalue weighted by Crippen LogP contribution is -2.40. The van der Waals surface area contributed by atoms with Gasteiger partial charge in [-0.25, -0.2) is 8.42 Å². The molecule has 7 nitrogen and oxygen atoms in total. The van der Waals surface area contributed by atoms with Gasteiger partial charge in [0.2, 0.25) is 10.0 Å². The molecule has 0 saturated carbocycles. The van der Waals surface area contributed by atoms with Crippen molar-refractivity contribution in [1.82, 2.24) is 9.21 Å². The first-order valence-corrected chi connectivity index (χ1v) is 11.1. The SMILES string of the molecule is C=CCOCC1CCN(C(=O)c2ccc(S(=O)(=O)N3CCOCC3)cc2)CC1. The fraction of sp³-hybridized carbons (Fsp3) is 0.550. The predicted octanol–water partition coefficient (Wildman–Crippen LogP) is 1.76. The van der Waals surface area contributed by atoms with Crippen LogP contribution in [0.1, 0.15) is 23.2 Å². The third-order valence-corrected chi connectivity index (χ3v) is 7.11. The highest BCUT2D eigenvalue weighted by atomic mass is 32.2. The van der Waals surface area contributed by atoms with Crippen molar-refractivity contribution in [2.24, 2.45) is 5.92 Å². The van der Waals surface area contributed by atoms with Gasteiger partial charge in [0, 0.05) is 38.3 Å². The maximum absolute atomic E-state index is 12.7. The summed E-state index contributed by atoms with van der Waals surface area (Å²) in [5, 5.41) is 0. The van der Waals surface area contributed by atoms with Crippen LogP contribution < -0.4 is 0 Å². The molecule has 2 saturated heterocycles. The lowest BCUT2D eigenvalue weighted by atomic mass is 9.97. The maximum Gasteiger partial charge on any atom is 0.253 e. The zero-order valence-electron chi connectivity index (χ0n) is 16.1. The van der Waals surface area contributed by atoms with Gasteiger partial charge >= 0.3 is 0 Å². The molecule has 1 amide bonds. The average Bonchev–Trinajstić information content (AvgIpc) is 2.75. The summed E-state index contributed by atoms with van der Waals surface area (Å²) in [5.41, 5.74) is 0.516. The Labute approximate surface area is 167 Å². The molecule has 0 atom stereocenters. The average molecular weight is 409 g/mol. The summed E-state index contributed by atoms with van der Waals surface area (Å²) in [4.78, 5) is 14.8. The van der Waals surface area contributed by atoms with Crippen molar-refractivity contribution in [3.05, 3.63) is 42.5 Å². The lowest BCUT2D eigenvalue weighted by molar-refractivity contribution is 0.0575. The lowest BCUT2D eigenvalue weighted by Gasteiger charge is -2.32. The monoisotopic (exact) mass is 408 g/mol. The number of ether oxygens (including phenoxy) is 2. The summed E-state index contributed by atoms with van der Waals surface area (Å²) >= 11 is 0. The Morgan fingerprint density at radius 2 is 1.79 bits per heavy atom. The molecule has 1 aromatic rings. The summed E-state index contributed by atoms with van der Waals surface area (Å²) in [6.45, 7) is 7.79. The molecule has 0 bridgehead atoms. The molecule has 0 aliphatic carbocycles. The smallest absolute Gasteiger partial charge is 0.253 e. The molecule has 0 radical (unpaired) electrons. The third kappa shape index (κ3) is 5.00. The first-order chi connectivity index (χ1) is 13.5. The van der Waals surface area contributed by atoms with E-state index in [-0.39, 0.29) is 10.8 Å². The Morgan fingerprint density at radius 1 is 1.14 bits per heavy atom. The van der Waals surface area contributed by atoms with Crippen LogP contribution in [-0.2, 0) is 19.5 Å². The van der Waals surface area contributed by atoms with Gasteiger partial charge in [-0.3, -0.25) is 4.79 Å². The number of amides is 1. The van der Waals surface area contributed by atoms with Crippen molar-refractivity contribution in [3.8, 4) is 0 Å². The quantitative estimate of drug-likeness (QED) is 0.508. The van der Waals surface area contributed by atoms with E-state index in [9.17, 15) is 13.2 Å². The number of likely N-dealkylation sites (tertiary alicyclic amines) is 1. The molecule has 1 aromatic carbocycles. The van der Waals surface area contributed by atoms with Crippen LogP contribution in [0.4, 0.5) is 0 Å². The predicted molar refractivity (Wildman–Crippen MR) is 106 cm³/mol. The molecule has 0 N–H and O–H groups in total. The molecule has 0 unspecified atom stereocenters. The van der Waals surface area contributed by atoms with Crippen LogP contribution in [0.3, 0.4) is 0 Å². The van der Waals surface area contributed by atoms with Gasteiger partial charge in [0.15, 0.2) is 0 Å². The summed E-state index contributed by atoms with van der Waals surface area (Å²) < 4.78 is 37.5. The summed E-state index contributed by atoms with van der Waals surface area (Å²) in [7, 11) is -3.54. The zero-order chi connectivity index (χ0) is 20.0. The van der Waals surface area contributed by atoms with Crippen molar-refractivity contribution in [1.29, 1.82) is 0 Å². The number of hydrogen-bond acceptors (Lipinski definition) is 5. The highest BCUT2D eigenvalue weighted by Gasteiger charge is 2.27. The van der Waals surface area contributed by atoms with E-state index in [0.29, 0.717) is 64.1 Å². The Balaban J connectivity index is 1.57. The van der Waals surface area contributed by atoms with Crippen LogP contribution >= 0.6 is 0 Å². The Bertz CT molecular complexity index is 764. The molecule has 8 heteroatoms. The van der Waals surface area contributed by atoms with Crippen molar-refractivity contribution >= 4 is 15.9 Å². The molecular formula is C20H28N2O5S. The van der Waals surface area contributed by atoms with Gasteiger partial charge in [0.1, 0.15) is 0 Å². The summed E-state index contributed by atoms with van der Waals surface area (Å²) in [6, 6.07) is 6.26. The molecule has 28 heavy (non-hydrogen) atoms. The Hall–Kier alpha value is -1.74. The van der Waals surface area contributed by atoms with Crippen molar-refractivity contribution < 1.29 is 22.7 Å². The van der Waals surface area contributed by atoms with Gasteiger partial charge in [0.05, 0.1) is 24.7 Å². The minimum Gasteiger partial charge on any atom is -0.379 e. The van der Waals surface area contributed by atoms with Crippen LogP contribution in [0.25, 0.3) is 0 Å². The fourth-order valence-electron chi connectivity index (χ4n) is 3.51. The fourth-order valence-corrected chi connectivity index (χ4v) is 4.92. The topological polar surface area (TPSA) is 76.2 Å². The van der Waals surface area contributed by atoms with Gasteiger partial charge in [-0.05, 0) is 43.0 Å². The van der Waals surface area contributed by atoms with Crippen molar-refractivity contribution in [3.63, 3.8) is 0 Å². The molecule has 2 aliphatic heterocycles. The normalized spacial score (nSPS) is 19.5. The largest absolute Gasteiger partial charge is 0.379 e. The molecule has 0 spiro atoms. The molecule has 154 valence electrons. The minimum absolute atomic E-state index is 0.0548. The van der Waals surface area contributed by atoms with Gasteiger partial charge in [0.25, 0.3) is 5.91 Å². The van der Waals surface area contributed by atoms with Gasteiger partial charge < -0.3 is 14.4 Å². The second-order valence-corrected chi connectivity index (χ2v) is 9.04. The second-order valence-electron chi connectivity index (χ2n) is 7.10. The van der Waals surface area contributed by atoms with Crippen LogP contribution in [0.2, 0.25) is 0 Å². The van der Waals surface area contributed by atoms with Crippen LogP contribution in [0.15, 0.2) is 41.8 Å². The molecule has 3 rings (SSSR count). The zero-order valence-corrected chi connectivity index (χ0v) is 16.9. The highest BCUT2D eigenvalue weighted by Crippen LogP contribution is 2.21. The van der Waals surface area contributed by atoms with Crippen LogP contribution in [0, 0.1) is 5.92 Å². The van der Waals surface area contributed by atoms with Crippen LogP contribution in [0.5, 0.6) is 0 Å². The number of benzene rings is 1. The van der Waals surface area contributed by atoms with Crippen molar-refractivity contribution in [2.45, 2.75) is 17.7 Å². The first kappa shape index (κ1) is 21.0. The number of piperidine rings is 1. The summed E-state index contributed by atoms with van der Waals surface area (Å²) in [6.07, 6.45) is 3.56. The Kier molecular flexibility index (Phi) is 7.23. The molecule has 2 aliphatic rings. The Morgan fingerprint density at radius 3 is 2.39 bits per heavy atom. The van der Waals surface area contributed by atoms with E-state index in [1.165, 1.54) is 16.4 Å². The molecule has 2 heterocycles. The molecule has 2 fully saturated rings. The van der Waals surface area contributed by atoms with E-state index < -0.39 is 10.0 Å². The van der Waals surface area contributed by atoms with Gasteiger partial charge in [-0.15, -0.1) is 6.58 Å². The highest BCUT2D eigenvalue weighted by molar-refractivity contribution is 7.89. The number of sulfonamides is 1. The van der Waals surface area contributed by atoms with Crippen LogP contribution in [-0.4, -0.2) is 76.1 Å². The van der Waals surface area contributed by atoms with Gasteiger partial charge in [-0.1, -0.05) is 6.08 Å². The van der Waals surface area contributed by atoms with E-state index in [2.05, 4.69) is 6.58 Å². The van der Waals surface area contributed by atoms with Crippen molar-refractivity contribution in [2.75, 3.05) is 52.6 Å². The standard InChI is InChI=1S/C20H28N2O5S/c1-2-13-27-16-17-7-9-21(10-8-17)20(23)18-3-5-19(6-4-18)28(24,25)22-11-14-26-15-12-22/h2-6,17H,1,7-16H2. The number of rotatable bonds is 7. The molecule has 0 aromatic heterocycles.